The topological polar surface area (TPSA) is 79.4 Å². The van der Waals surface area contributed by atoms with Crippen molar-refractivity contribution in [2.45, 2.75) is 44.0 Å². The van der Waals surface area contributed by atoms with Gasteiger partial charge < -0.3 is 0 Å². The molecule has 4 rings (SSSR count). The maximum atomic E-state index is 13.1. The van der Waals surface area contributed by atoms with Crippen molar-refractivity contribution in [2.75, 3.05) is 11.9 Å². The molecule has 0 spiro atoms. The maximum Gasteiger partial charge on any atom is 0.257 e. The molecule has 6 nitrogen and oxygen atoms in total. The Morgan fingerprint density at radius 3 is 2.76 bits per heavy atom. The van der Waals surface area contributed by atoms with E-state index in [0.29, 0.717) is 17.2 Å². The molecule has 1 unspecified atom stereocenters. The Kier molecular flexibility index (Phi) is 5.42. The van der Waals surface area contributed by atoms with Crippen LogP contribution in [0.4, 0.5) is 5.13 Å². The summed E-state index contributed by atoms with van der Waals surface area (Å²) in [6.07, 6.45) is 2.76. The van der Waals surface area contributed by atoms with Crippen molar-refractivity contribution >= 4 is 42.6 Å². The molecule has 1 atom stereocenters. The Balaban J connectivity index is 1.59. The van der Waals surface area contributed by atoms with Gasteiger partial charge in [0.15, 0.2) is 5.13 Å². The van der Waals surface area contributed by atoms with Gasteiger partial charge in [-0.05, 0) is 56.5 Å². The number of sulfonamides is 1. The largest absolute Gasteiger partial charge is 0.298 e. The highest BCUT2D eigenvalue weighted by molar-refractivity contribution is 7.89. The standard InChI is InChI=1S/C21H23N3O3S2/c1-14-7-5-11-18-19(14)22-21(28-18)23-20(25)16-9-6-10-17(13-16)29(26,27)24-12-4-3-8-15(24)2/h5-7,9-11,13,15H,3-4,8,12H2,1-2H3,(H,22,23,25). The molecule has 1 saturated heterocycles. The zero-order valence-corrected chi connectivity index (χ0v) is 18.0. The van der Waals surface area contributed by atoms with E-state index in [4.69, 9.17) is 0 Å². The predicted octanol–water partition coefficient (Wildman–Crippen LogP) is 4.42. The van der Waals surface area contributed by atoms with E-state index in [-0.39, 0.29) is 16.8 Å². The van der Waals surface area contributed by atoms with Crippen molar-refractivity contribution in [3.8, 4) is 0 Å². The van der Waals surface area contributed by atoms with E-state index in [0.717, 1.165) is 35.0 Å². The summed E-state index contributed by atoms with van der Waals surface area (Å²) in [4.78, 5) is 17.4. The first kappa shape index (κ1) is 20.0. The molecular formula is C21H23N3O3S2. The first-order valence-corrected chi connectivity index (χ1v) is 11.9. The number of nitrogens with zero attached hydrogens (tertiary/aromatic N) is 2. The molecule has 2 aromatic carbocycles. The lowest BCUT2D eigenvalue weighted by Gasteiger charge is -2.32. The summed E-state index contributed by atoms with van der Waals surface area (Å²) in [6, 6.07) is 12.1. The molecule has 3 aromatic rings. The average Bonchev–Trinajstić information content (AvgIpc) is 3.12. The van der Waals surface area contributed by atoms with Crippen LogP contribution in [0, 0.1) is 6.92 Å². The Morgan fingerprint density at radius 2 is 2.00 bits per heavy atom. The van der Waals surface area contributed by atoms with E-state index in [9.17, 15) is 13.2 Å². The van der Waals surface area contributed by atoms with Crippen LogP contribution in [-0.4, -0.2) is 36.2 Å². The predicted molar refractivity (Wildman–Crippen MR) is 116 cm³/mol. The second-order valence-corrected chi connectivity index (χ2v) is 10.3. The number of hydrogen-bond acceptors (Lipinski definition) is 5. The molecular weight excluding hydrogens is 406 g/mol. The van der Waals surface area contributed by atoms with Crippen molar-refractivity contribution < 1.29 is 13.2 Å². The van der Waals surface area contributed by atoms with Crippen molar-refractivity contribution in [1.82, 2.24) is 9.29 Å². The van der Waals surface area contributed by atoms with Gasteiger partial charge in [0.05, 0.1) is 15.1 Å². The van der Waals surface area contributed by atoms with Crippen LogP contribution >= 0.6 is 11.3 Å². The highest BCUT2D eigenvalue weighted by Crippen LogP contribution is 2.29. The molecule has 0 aliphatic carbocycles. The number of para-hydroxylation sites is 1. The number of thiazole rings is 1. The second-order valence-electron chi connectivity index (χ2n) is 7.38. The molecule has 1 aliphatic heterocycles. The third-order valence-corrected chi connectivity index (χ3v) is 8.23. The smallest absolute Gasteiger partial charge is 0.257 e. The van der Waals surface area contributed by atoms with Gasteiger partial charge >= 0.3 is 0 Å². The monoisotopic (exact) mass is 429 g/mol. The third kappa shape index (κ3) is 3.92. The Morgan fingerprint density at radius 1 is 1.21 bits per heavy atom. The number of piperidine rings is 1. The van der Waals surface area contributed by atoms with Gasteiger partial charge in [-0.25, -0.2) is 13.4 Å². The SMILES string of the molecule is Cc1cccc2sc(NC(=O)c3cccc(S(=O)(=O)N4CCCCC4C)c3)nc12. The molecule has 2 heterocycles. The van der Waals surface area contributed by atoms with Crippen LogP contribution in [-0.2, 0) is 10.0 Å². The first-order chi connectivity index (χ1) is 13.9. The van der Waals surface area contributed by atoms with E-state index < -0.39 is 10.0 Å². The highest BCUT2D eigenvalue weighted by atomic mass is 32.2. The number of carbonyl (C=O) groups is 1. The van der Waals surface area contributed by atoms with Crippen LogP contribution in [0.15, 0.2) is 47.4 Å². The summed E-state index contributed by atoms with van der Waals surface area (Å²) in [5, 5.41) is 3.30. The number of benzene rings is 2. The molecule has 8 heteroatoms. The molecule has 29 heavy (non-hydrogen) atoms. The number of anilines is 1. The van der Waals surface area contributed by atoms with Crippen LogP contribution in [0.3, 0.4) is 0 Å². The lowest BCUT2D eigenvalue weighted by molar-refractivity contribution is 0.102. The number of nitrogens with one attached hydrogen (secondary N) is 1. The van der Waals surface area contributed by atoms with Gasteiger partial charge in [0.25, 0.3) is 5.91 Å². The lowest BCUT2D eigenvalue weighted by Crippen LogP contribution is -2.41. The third-order valence-electron chi connectivity index (χ3n) is 5.29. The van der Waals surface area contributed by atoms with Gasteiger partial charge in [-0.1, -0.05) is 36.0 Å². The van der Waals surface area contributed by atoms with E-state index in [1.165, 1.54) is 17.4 Å². The number of aromatic nitrogens is 1. The van der Waals surface area contributed by atoms with Gasteiger partial charge in [0.1, 0.15) is 0 Å². The number of carbonyl (C=O) groups excluding carboxylic acids is 1. The Labute approximate surface area is 174 Å². The molecule has 1 fully saturated rings. The summed E-state index contributed by atoms with van der Waals surface area (Å²) in [7, 11) is -3.63. The van der Waals surface area contributed by atoms with Crippen LogP contribution in [0.1, 0.15) is 42.1 Å². The molecule has 1 amide bonds. The van der Waals surface area contributed by atoms with Crippen LogP contribution in [0.2, 0.25) is 0 Å². The number of amides is 1. The average molecular weight is 430 g/mol. The first-order valence-electron chi connectivity index (χ1n) is 9.66. The van der Waals surface area contributed by atoms with Gasteiger partial charge in [0, 0.05) is 18.2 Å². The van der Waals surface area contributed by atoms with Crippen LogP contribution in [0.25, 0.3) is 10.2 Å². The van der Waals surface area contributed by atoms with E-state index in [1.54, 1.807) is 22.5 Å². The van der Waals surface area contributed by atoms with E-state index >= 15 is 0 Å². The van der Waals surface area contributed by atoms with Crippen molar-refractivity contribution in [2.24, 2.45) is 0 Å². The van der Waals surface area contributed by atoms with Crippen molar-refractivity contribution in [3.05, 3.63) is 53.6 Å². The number of fused-ring (bicyclic) bond motifs is 1. The van der Waals surface area contributed by atoms with E-state index in [2.05, 4.69) is 10.3 Å². The van der Waals surface area contributed by atoms with Gasteiger partial charge in [-0.2, -0.15) is 4.31 Å². The summed E-state index contributed by atoms with van der Waals surface area (Å²) >= 11 is 1.40. The number of aryl methyl sites for hydroxylation is 1. The summed E-state index contributed by atoms with van der Waals surface area (Å²) in [5.74, 6) is -0.370. The minimum Gasteiger partial charge on any atom is -0.298 e. The quantitative estimate of drug-likeness (QED) is 0.666. The molecule has 152 valence electrons. The zero-order valence-electron chi connectivity index (χ0n) is 16.4. The second kappa shape index (κ2) is 7.85. The Bertz CT molecular complexity index is 1170. The highest BCUT2D eigenvalue weighted by Gasteiger charge is 2.31. The van der Waals surface area contributed by atoms with Crippen molar-refractivity contribution in [1.29, 1.82) is 0 Å². The Hall–Kier alpha value is -2.29. The number of rotatable bonds is 4. The molecule has 0 saturated carbocycles. The fourth-order valence-electron chi connectivity index (χ4n) is 3.67. The molecule has 1 aromatic heterocycles. The summed E-state index contributed by atoms with van der Waals surface area (Å²) in [6.45, 7) is 4.43. The van der Waals surface area contributed by atoms with Crippen molar-refractivity contribution in [3.63, 3.8) is 0 Å². The van der Waals surface area contributed by atoms with E-state index in [1.807, 2.05) is 32.0 Å². The zero-order chi connectivity index (χ0) is 20.6. The summed E-state index contributed by atoms with van der Waals surface area (Å²) < 4.78 is 28.7. The normalized spacial score (nSPS) is 18.1. The minimum absolute atomic E-state index is 0.0304. The summed E-state index contributed by atoms with van der Waals surface area (Å²) in [5.41, 5.74) is 2.21. The molecule has 0 radical (unpaired) electrons. The van der Waals surface area contributed by atoms with Crippen LogP contribution < -0.4 is 5.32 Å². The fraction of sp³-hybridized carbons (Fsp3) is 0.333. The number of hydrogen-bond donors (Lipinski definition) is 1. The van der Waals surface area contributed by atoms with Crippen LogP contribution in [0.5, 0.6) is 0 Å². The fourth-order valence-corrected chi connectivity index (χ4v) is 6.36. The maximum absolute atomic E-state index is 13.1. The molecule has 0 bridgehead atoms. The van der Waals surface area contributed by atoms with Gasteiger partial charge in [-0.15, -0.1) is 0 Å². The lowest BCUT2D eigenvalue weighted by atomic mass is 10.1. The minimum atomic E-state index is -3.63. The van der Waals surface area contributed by atoms with Gasteiger partial charge in [0.2, 0.25) is 10.0 Å². The van der Waals surface area contributed by atoms with Gasteiger partial charge in [-0.3, -0.25) is 10.1 Å². The molecule has 1 N–H and O–H groups in total. The molecule has 1 aliphatic rings.